The van der Waals surface area contributed by atoms with Crippen LogP contribution in [0.15, 0.2) is 54.7 Å². The molecule has 3 rings (SSSR count). The number of aromatic nitrogens is 1. The Labute approximate surface area is 201 Å². The molecule has 0 saturated carbocycles. The van der Waals surface area contributed by atoms with Gasteiger partial charge < -0.3 is 20.5 Å². The number of pyridine rings is 1. The number of hydrazine groups is 1. The molecule has 0 fully saturated rings. The minimum atomic E-state index is -1.29. The van der Waals surface area contributed by atoms with Gasteiger partial charge in [0.1, 0.15) is 23.4 Å². The largest absolute Gasteiger partial charge is 0.493 e. The summed E-state index contributed by atoms with van der Waals surface area (Å²) in [6, 6.07) is 10.9. The van der Waals surface area contributed by atoms with E-state index in [0.717, 1.165) is 6.07 Å². The Morgan fingerprint density at radius 2 is 1.71 bits per heavy atom. The van der Waals surface area contributed by atoms with Crippen molar-refractivity contribution < 1.29 is 23.5 Å². The maximum atomic E-state index is 15.1. The van der Waals surface area contributed by atoms with Gasteiger partial charge in [-0.15, -0.1) is 0 Å². The molecule has 11 heteroatoms. The molecule has 1 atom stereocenters. The van der Waals surface area contributed by atoms with Crippen LogP contribution in [0.3, 0.4) is 0 Å². The molecule has 0 aliphatic heterocycles. The van der Waals surface area contributed by atoms with Crippen LogP contribution in [0.25, 0.3) is 0 Å². The van der Waals surface area contributed by atoms with Crippen molar-refractivity contribution >= 4 is 23.3 Å². The standard InChI is InChI=1S/C24H25FN6O4/c1-13-5-4-10-28-20(13)23(32)30-31-24(33)21(29-15-8-6-14(7-9-15)22(26)27)16-11-18(34-2)19(35-3)12-17(16)25/h4-12,21,29H,1-3H3,(H3,26,27)(H,30,32)(H,31,33). The summed E-state index contributed by atoms with van der Waals surface area (Å²) >= 11 is 0. The molecule has 182 valence electrons. The molecular formula is C24H25FN6O4. The second-order valence-corrected chi connectivity index (χ2v) is 7.41. The van der Waals surface area contributed by atoms with Crippen LogP contribution in [-0.4, -0.2) is 36.9 Å². The molecule has 1 heterocycles. The first kappa shape index (κ1) is 25.0. The molecule has 1 aromatic heterocycles. The van der Waals surface area contributed by atoms with Crippen LogP contribution in [0.2, 0.25) is 0 Å². The van der Waals surface area contributed by atoms with Gasteiger partial charge in [-0.05, 0) is 48.9 Å². The maximum Gasteiger partial charge on any atom is 0.288 e. The monoisotopic (exact) mass is 480 g/mol. The first-order valence-electron chi connectivity index (χ1n) is 10.4. The fourth-order valence-corrected chi connectivity index (χ4v) is 3.26. The van der Waals surface area contributed by atoms with Gasteiger partial charge in [0.15, 0.2) is 11.5 Å². The summed E-state index contributed by atoms with van der Waals surface area (Å²) in [6.45, 7) is 1.71. The van der Waals surface area contributed by atoms with Crippen molar-refractivity contribution in [1.82, 2.24) is 15.8 Å². The Balaban J connectivity index is 1.91. The van der Waals surface area contributed by atoms with Crippen LogP contribution in [0.1, 0.15) is 33.2 Å². The maximum absolute atomic E-state index is 15.1. The van der Waals surface area contributed by atoms with Crippen molar-refractivity contribution in [3.63, 3.8) is 0 Å². The summed E-state index contributed by atoms with van der Waals surface area (Å²) in [6.07, 6.45) is 1.46. The van der Waals surface area contributed by atoms with Gasteiger partial charge in [0.2, 0.25) is 0 Å². The molecule has 6 N–H and O–H groups in total. The van der Waals surface area contributed by atoms with Crippen molar-refractivity contribution in [2.75, 3.05) is 19.5 Å². The number of methoxy groups -OCH3 is 2. The lowest BCUT2D eigenvalue weighted by Crippen LogP contribution is -2.46. The minimum Gasteiger partial charge on any atom is -0.493 e. The average Bonchev–Trinajstić information content (AvgIpc) is 2.86. The third-order valence-electron chi connectivity index (χ3n) is 5.11. The molecule has 10 nitrogen and oxygen atoms in total. The first-order valence-corrected chi connectivity index (χ1v) is 10.4. The zero-order valence-electron chi connectivity index (χ0n) is 19.3. The Bertz CT molecular complexity index is 1250. The van der Waals surface area contributed by atoms with E-state index in [1.165, 1.54) is 26.5 Å². The van der Waals surface area contributed by atoms with Crippen molar-refractivity contribution in [2.24, 2.45) is 5.73 Å². The van der Waals surface area contributed by atoms with Gasteiger partial charge in [-0.25, -0.2) is 4.39 Å². The van der Waals surface area contributed by atoms with Crippen LogP contribution in [-0.2, 0) is 4.79 Å². The topological polar surface area (TPSA) is 151 Å². The van der Waals surface area contributed by atoms with Crippen molar-refractivity contribution in [3.8, 4) is 11.5 Å². The molecule has 3 aromatic rings. The summed E-state index contributed by atoms with van der Waals surface area (Å²) in [5.74, 6) is -1.88. The summed E-state index contributed by atoms with van der Waals surface area (Å²) in [4.78, 5) is 29.6. The molecule has 0 saturated heterocycles. The van der Waals surface area contributed by atoms with E-state index in [0.29, 0.717) is 16.8 Å². The van der Waals surface area contributed by atoms with E-state index in [-0.39, 0.29) is 28.6 Å². The SMILES string of the molecule is COc1cc(F)c(C(Nc2ccc(C(=N)N)cc2)C(=O)NNC(=O)c2ncccc2C)cc1OC. The van der Waals surface area contributed by atoms with E-state index in [1.54, 1.807) is 43.3 Å². The van der Waals surface area contributed by atoms with Crippen LogP contribution in [0.4, 0.5) is 10.1 Å². The third-order valence-corrected chi connectivity index (χ3v) is 5.11. The second-order valence-electron chi connectivity index (χ2n) is 7.41. The number of nitrogen functional groups attached to an aromatic ring is 1. The fraction of sp³-hybridized carbons (Fsp3) is 0.167. The van der Waals surface area contributed by atoms with Gasteiger partial charge in [0.25, 0.3) is 11.8 Å². The second kappa shape index (κ2) is 11.0. The molecule has 0 aliphatic carbocycles. The highest BCUT2D eigenvalue weighted by molar-refractivity contribution is 5.96. The number of nitrogens with zero attached hydrogens (tertiary/aromatic N) is 1. The van der Waals surface area contributed by atoms with Gasteiger partial charge in [-0.3, -0.25) is 30.8 Å². The normalized spacial score (nSPS) is 11.2. The highest BCUT2D eigenvalue weighted by atomic mass is 19.1. The number of amides is 2. The number of nitrogens with two attached hydrogens (primary N) is 1. The van der Waals surface area contributed by atoms with Crippen LogP contribution in [0.5, 0.6) is 11.5 Å². The Hall–Kier alpha value is -4.67. The van der Waals surface area contributed by atoms with Gasteiger partial charge in [-0.1, -0.05) is 6.07 Å². The van der Waals surface area contributed by atoms with Gasteiger partial charge in [0.05, 0.1) is 14.2 Å². The quantitative estimate of drug-likeness (QED) is 0.189. The lowest BCUT2D eigenvalue weighted by Gasteiger charge is -2.22. The molecule has 2 aromatic carbocycles. The van der Waals surface area contributed by atoms with Crippen LogP contribution >= 0.6 is 0 Å². The zero-order valence-corrected chi connectivity index (χ0v) is 19.3. The zero-order chi connectivity index (χ0) is 25.5. The molecule has 0 aliphatic rings. The summed E-state index contributed by atoms with van der Waals surface area (Å²) in [5.41, 5.74) is 11.7. The fourth-order valence-electron chi connectivity index (χ4n) is 3.26. The molecule has 1 unspecified atom stereocenters. The van der Waals surface area contributed by atoms with Crippen LogP contribution in [0, 0.1) is 18.2 Å². The number of benzene rings is 2. The Morgan fingerprint density at radius 3 is 2.31 bits per heavy atom. The molecular weight excluding hydrogens is 455 g/mol. The summed E-state index contributed by atoms with van der Waals surface area (Å²) in [5, 5.41) is 10.5. The average molecular weight is 481 g/mol. The van der Waals surface area contributed by atoms with Crippen molar-refractivity contribution in [3.05, 3.63) is 82.9 Å². The number of amidine groups is 1. The molecule has 35 heavy (non-hydrogen) atoms. The van der Waals surface area contributed by atoms with E-state index in [2.05, 4.69) is 21.2 Å². The molecule has 0 spiro atoms. The predicted octanol–water partition coefficient (Wildman–Crippen LogP) is 2.44. The highest BCUT2D eigenvalue weighted by Gasteiger charge is 2.27. The number of nitrogens with one attached hydrogen (secondary N) is 4. The van der Waals surface area contributed by atoms with Gasteiger partial charge >= 0.3 is 0 Å². The van der Waals surface area contributed by atoms with E-state index in [9.17, 15) is 9.59 Å². The Morgan fingerprint density at radius 1 is 1.06 bits per heavy atom. The number of hydrogen-bond donors (Lipinski definition) is 5. The summed E-state index contributed by atoms with van der Waals surface area (Å²) < 4.78 is 25.4. The molecule has 2 amide bonds. The van der Waals surface area contributed by atoms with E-state index >= 15 is 4.39 Å². The van der Waals surface area contributed by atoms with E-state index < -0.39 is 23.7 Å². The molecule has 0 bridgehead atoms. The first-order chi connectivity index (χ1) is 16.7. The van der Waals surface area contributed by atoms with Crippen molar-refractivity contribution in [2.45, 2.75) is 13.0 Å². The number of carbonyl (C=O) groups excluding carboxylic acids is 2. The number of hydrogen-bond acceptors (Lipinski definition) is 7. The van der Waals surface area contributed by atoms with Gasteiger partial charge in [0, 0.05) is 29.1 Å². The predicted molar refractivity (Wildman–Crippen MR) is 128 cm³/mol. The minimum absolute atomic E-state index is 0.0564. The number of anilines is 1. The lowest BCUT2D eigenvalue weighted by atomic mass is 10.0. The van der Waals surface area contributed by atoms with Gasteiger partial charge in [-0.2, -0.15) is 0 Å². The number of carbonyl (C=O) groups is 2. The lowest BCUT2D eigenvalue weighted by molar-refractivity contribution is -0.122. The smallest absolute Gasteiger partial charge is 0.288 e. The van der Waals surface area contributed by atoms with Crippen LogP contribution < -0.4 is 31.4 Å². The molecule has 0 radical (unpaired) electrons. The number of rotatable bonds is 8. The summed E-state index contributed by atoms with van der Waals surface area (Å²) in [7, 11) is 2.75. The number of halogens is 1. The number of ether oxygens (including phenoxy) is 2. The highest BCUT2D eigenvalue weighted by Crippen LogP contribution is 2.33. The van der Waals surface area contributed by atoms with E-state index in [1.807, 2.05) is 0 Å². The third kappa shape index (κ3) is 5.82. The Kier molecular flexibility index (Phi) is 7.82. The van der Waals surface area contributed by atoms with E-state index in [4.69, 9.17) is 20.6 Å². The number of aryl methyl sites for hydroxylation is 1. The van der Waals surface area contributed by atoms with Crippen molar-refractivity contribution in [1.29, 1.82) is 5.41 Å².